The van der Waals surface area contributed by atoms with E-state index in [0.29, 0.717) is 5.69 Å². The number of rotatable bonds is 3. The highest BCUT2D eigenvalue weighted by Crippen LogP contribution is 2.06. The van der Waals surface area contributed by atoms with Crippen molar-refractivity contribution in [1.29, 1.82) is 0 Å². The second kappa shape index (κ2) is 5.02. The van der Waals surface area contributed by atoms with Crippen LogP contribution in [0.15, 0.2) is 18.3 Å². The maximum Gasteiger partial charge on any atom is 0.272 e. The van der Waals surface area contributed by atoms with Crippen molar-refractivity contribution in [2.75, 3.05) is 12.3 Å². The number of anilines is 1. The first kappa shape index (κ1) is 11.1. The molecule has 14 heavy (non-hydrogen) atoms. The van der Waals surface area contributed by atoms with E-state index in [4.69, 9.17) is 28.9 Å². The average Bonchev–Trinajstić information content (AvgIpc) is 2.15. The molecule has 3 N–H and O–H groups in total. The number of carbonyl (C=O) groups excluding carboxylic acids is 1. The fourth-order valence-electron chi connectivity index (χ4n) is 0.861. The molecule has 1 aromatic heterocycles. The van der Waals surface area contributed by atoms with Crippen molar-refractivity contribution in [3.8, 4) is 0 Å². The predicted molar refractivity (Wildman–Crippen MR) is 56.5 cm³/mol. The van der Waals surface area contributed by atoms with Crippen LogP contribution in [0.25, 0.3) is 0 Å². The number of hydrogen-bond acceptors (Lipinski definition) is 3. The zero-order valence-electron chi connectivity index (χ0n) is 7.21. The Kier molecular flexibility index (Phi) is 3.98. The van der Waals surface area contributed by atoms with Gasteiger partial charge in [0.2, 0.25) is 0 Å². The van der Waals surface area contributed by atoms with Gasteiger partial charge in [-0.05, 0) is 12.1 Å². The normalized spacial score (nSPS) is 10.2. The number of halogens is 2. The van der Waals surface area contributed by atoms with Gasteiger partial charge in [0.25, 0.3) is 5.91 Å². The first-order valence-electron chi connectivity index (χ1n) is 3.88. The van der Waals surface area contributed by atoms with E-state index >= 15 is 0 Å². The summed E-state index contributed by atoms with van der Waals surface area (Å²) in [6, 6.07) is 3.25. The molecule has 1 amide bonds. The third kappa shape index (κ3) is 3.05. The van der Waals surface area contributed by atoms with Gasteiger partial charge in [-0.2, -0.15) is 0 Å². The minimum atomic E-state index is -0.635. The van der Waals surface area contributed by atoms with Crippen molar-refractivity contribution in [3.05, 3.63) is 24.0 Å². The number of nitrogens with two attached hydrogens (primary N) is 1. The van der Waals surface area contributed by atoms with Gasteiger partial charge in [0.1, 0.15) is 4.84 Å². The van der Waals surface area contributed by atoms with Crippen molar-refractivity contribution in [2.24, 2.45) is 0 Å². The van der Waals surface area contributed by atoms with Crippen LogP contribution in [0.1, 0.15) is 10.5 Å². The lowest BCUT2D eigenvalue weighted by molar-refractivity contribution is 0.0951. The number of hydrogen-bond donors (Lipinski definition) is 2. The summed E-state index contributed by atoms with van der Waals surface area (Å²) < 4.78 is 0. The minimum Gasteiger partial charge on any atom is -0.397 e. The number of pyridine rings is 1. The summed E-state index contributed by atoms with van der Waals surface area (Å²) in [6.07, 6.45) is 1.49. The Hall–Kier alpha value is -1.00. The Bertz CT molecular complexity index is 330. The van der Waals surface area contributed by atoms with Crippen LogP contribution in [0.4, 0.5) is 5.69 Å². The first-order chi connectivity index (χ1) is 6.61. The maximum absolute atomic E-state index is 11.4. The molecule has 4 nitrogen and oxygen atoms in total. The summed E-state index contributed by atoms with van der Waals surface area (Å²) in [5, 5.41) is 2.49. The van der Waals surface area contributed by atoms with E-state index in [1.807, 2.05) is 0 Å². The maximum atomic E-state index is 11.4. The smallest absolute Gasteiger partial charge is 0.272 e. The van der Waals surface area contributed by atoms with Crippen molar-refractivity contribution in [2.45, 2.75) is 4.84 Å². The molecule has 0 aliphatic carbocycles. The van der Waals surface area contributed by atoms with E-state index in [9.17, 15) is 4.79 Å². The first-order valence-corrected chi connectivity index (χ1v) is 4.75. The molecule has 0 bridgehead atoms. The van der Waals surface area contributed by atoms with E-state index in [-0.39, 0.29) is 18.1 Å². The summed E-state index contributed by atoms with van der Waals surface area (Å²) in [7, 11) is 0. The Morgan fingerprint density at radius 2 is 2.36 bits per heavy atom. The highest BCUT2D eigenvalue weighted by molar-refractivity contribution is 6.44. The topological polar surface area (TPSA) is 68.0 Å². The highest BCUT2D eigenvalue weighted by Gasteiger charge is 2.10. The SMILES string of the molecule is Nc1cccnc1C(=O)NCC(Cl)Cl. The number of carbonyl (C=O) groups is 1. The predicted octanol–water partition coefficient (Wildman–Crippen LogP) is 1.20. The molecule has 1 aromatic rings. The third-order valence-corrected chi connectivity index (χ3v) is 1.78. The molecule has 0 atom stereocenters. The standard InChI is InChI=1S/C8H9Cl2N3O/c9-6(10)4-13-8(14)7-5(11)2-1-3-12-7/h1-3,6H,4,11H2,(H,13,14). The van der Waals surface area contributed by atoms with Gasteiger partial charge in [-0.3, -0.25) is 4.79 Å². The molecule has 0 saturated carbocycles. The highest BCUT2D eigenvalue weighted by atomic mass is 35.5. The fourth-order valence-corrected chi connectivity index (χ4v) is 1.02. The zero-order valence-corrected chi connectivity index (χ0v) is 8.72. The molecule has 0 aliphatic rings. The summed E-state index contributed by atoms with van der Waals surface area (Å²) in [4.78, 5) is 14.6. The second-order valence-corrected chi connectivity index (χ2v) is 3.82. The number of nitrogens with one attached hydrogen (secondary N) is 1. The largest absolute Gasteiger partial charge is 0.397 e. The zero-order chi connectivity index (χ0) is 10.6. The van der Waals surface area contributed by atoms with E-state index < -0.39 is 4.84 Å². The lowest BCUT2D eigenvalue weighted by Gasteiger charge is -2.06. The molecule has 0 fully saturated rings. The van der Waals surface area contributed by atoms with Crippen LogP contribution in [-0.2, 0) is 0 Å². The van der Waals surface area contributed by atoms with Gasteiger partial charge in [-0.1, -0.05) is 0 Å². The number of nitrogen functional groups attached to an aromatic ring is 1. The van der Waals surface area contributed by atoms with Gasteiger partial charge in [0.05, 0.1) is 5.69 Å². The lowest BCUT2D eigenvalue weighted by atomic mass is 10.3. The van der Waals surface area contributed by atoms with Crippen LogP contribution < -0.4 is 11.1 Å². The van der Waals surface area contributed by atoms with Gasteiger partial charge in [-0.25, -0.2) is 4.98 Å². The Morgan fingerprint density at radius 1 is 1.64 bits per heavy atom. The van der Waals surface area contributed by atoms with Gasteiger partial charge in [-0.15, -0.1) is 23.2 Å². The molecular formula is C8H9Cl2N3O. The lowest BCUT2D eigenvalue weighted by Crippen LogP contribution is -2.29. The van der Waals surface area contributed by atoms with Crippen LogP contribution in [0.5, 0.6) is 0 Å². The van der Waals surface area contributed by atoms with Gasteiger partial charge in [0.15, 0.2) is 5.69 Å². The molecule has 0 aliphatic heterocycles. The molecule has 0 spiro atoms. The number of aromatic nitrogens is 1. The van der Waals surface area contributed by atoms with Crippen LogP contribution in [-0.4, -0.2) is 22.3 Å². The Balaban J connectivity index is 2.65. The van der Waals surface area contributed by atoms with Crippen LogP contribution in [0.3, 0.4) is 0 Å². The molecule has 0 aromatic carbocycles. The number of nitrogens with zero attached hydrogens (tertiary/aromatic N) is 1. The van der Waals surface area contributed by atoms with Gasteiger partial charge in [0, 0.05) is 12.7 Å². The third-order valence-electron chi connectivity index (χ3n) is 1.47. The molecule has 6 heteroatoms. The monoisotopic (exact) mass is 233 g/mol. The molecule has 0 unspecified atom stereocenters. The Labute approximate surface area is 91.4 Å². The summed E-state index contributed by atoms with van der Waals surface area (Å²) in [5.41, 5.74) is 6.05. The second-order valence-electron chi connectivity index (χ2n) is 2.54. The number of alkyl halides is 2. The molecule has 1 rings (SSSR count). The molecule has 76 valence electrons. The average molecular weight is 234 g/mol. The van der Waals surface area contributed by atoms with Gasteiger partial charge < -0.3 is 11.1 Å². The minimum absolute atomic E-state index is 0.165. The Morgan fingerprint density at radius 3 is 2.93 bits per heavy atom. The van der Waals surface area contributed by atoms with E-state index in [0.717, 1.165) is 0 Å². The van der Waals surface area contributed by atoms with Crippen LogP contribution >= 0.6 is 23.2 Å². The van der Waals surface area contributed by atoms with Crippen molar-refractivity contribution < 1.29 is 4.79 Å². The molecular weight excluding hydrogens is 225 g/mol. The molecule has 0 saturated heterocycles. The molecule has 0 radical (unpaired) electrons. The quantitative estimate of drug-likeness (QED) is 0.772. The van der Waals surface area contributed by atoms with E-state index in [2.05, 4.69) is 10.3 Å². The van der Waals surface area contributed by atoms with Crippen molar-refractivity contribution in [3.63, 3.8) is 0 Å². The van der Waals surface area contributed by atoms with E-state index in [1.165, 1.54) is 6.20 Å². The van der Waals surface area contributed by atoms with Crippen LogP contribution in [0, 0.1) is 0 Å². The summed E-state index contributed by atoms with van der Waals surface area (Å²) in [5.74, 6) is -0.380. The van der Waals surface area contributed by atoms with Crippen molar-refractivity contribution in [1.82, 2.24) is 10.3 Å². The van der Waals surface area contributed by atoms with Crippen LogP contribution in [0.2, 0.25) is 0 Å². The summed E-state index contributed by atoms with van der Waals surface area (Å²) >= 11 is 10.9. The van der Waals surface area contributed by atoms with E-state index in [1.54, 1.807) is 12.1 Å². The molecule has 1 heterocycles. The number of amides is 1. The van der Waals surface area contributed by atoms with Gasteiger partial charge >= 0.3 is 0 Å². The summed E-state index contributed by atoms with van der Waals surface area (Å²) in [6.45, 7) is 0.165. The fraction of sp³-hybridized carbons (Fsp3) is 0.250. The van der Waals surface area contributed by atoms with Crippen molar-refractivity contribution >= 4 is 34.8 Å².